The van der Waals surface area contributed by atoms with Crippen LogP contribution >= 0.6 is 0 Å². The van der Waals surface area contributed by atoms with Crippen molar-refractivity contribution in [3.05, 3.63) is 0 Å². The molecule has 0 amide bonds. The lowest BCUT2D eigenvalue weighted by Gasteiger charge is -2.17. The standard InChI is InChI=1S/C6H15NO3.C4H11N/c8-4-1-7(2-5-9)3-6-10;1-3-5-4-2/h8-10H,1-6H2;5H,3-4H2,1-2H3. The van der Waals surface area contributed by atoms with Crippen LogP contribution in [0.4, 0.5) is 0 Å². The molecule has 94 valence electrons. The van der Waals surface area contributed by atoms with E-state index in [1.165, 1.54) is 0 Å². The molecule has 0 heterocycles. The fraction of sp³-hybridized carbons (Fsp3) is 1.00. The van der Waals surface area contributed by atoms with E-state index in [0.29, 0.717) is 19.6 Å². The van der Waals surface area contributed by atoms with Gasteiger partial charge in [-0.05, 0) is 13.1 Å². The Morgan fingerprint density at radius 1 is 0.800 bits per heavy atom. The minimum Gasteiger partial charge on any atom is -0.395 e. The second-order valence-electron chi connectivity index (χ2n) is 2.97. The molecular formula is C10H26N2O3. The van der Waals surface area contributed by atoms with Crippen molar-refractivity contribution in [2.45, 2.75) is 13.8 Å². The van der Waals surface area contributed by atoms with Gasteiger partial charge in [-0.3, -0.25) is 4.90 Å². The van der Waals surface area contributed by atoms with Gasteiger partial charge in [0, 0.05) is 19.6 Å². The summed E-state index contributed by atoms with van der Waals surface area (Å²) in [6.45, 7) is 8.14. The molecule has 0 aromatic carbocycles. The van der Waals surface area contributed by atoms with Crippen LogP contribution in [0, 0.1) is 0 Å². The second-order valence-corrected chi connectivity index (χ2v) is 2.97. The maximum absolute atomic E-state index is 8.48. The minimum absolute atomic E-state index is 0.0694. The lowest BCUT2D eigenvalue weighted by Crippen LogP contribution is -2.32. The summed E-state index contributed by atoms with van der Waals surface area (Å²) >= 11 is 0. The minimum atomic E-state index is 0.0694. The molecule has 0 unspecified atom stereocenters. The summed E-state index contributed by atoms with van der Waals surface area (Å²) in [4.78, 5) is 1.79. The third kappa shape index (κ3) is 16.5. The first-order valence-corrected chi connectivity index (χ1v) is 5.52. The fourth-order valence-electron chi connectivity index (χ4n) is 1.01. The van der Waals surface area contributed by atoms with E-state index >= 15 is 0 Å². The van der Waals surface area contributed by atoms with Crippen molar-refractivity contribution in [3.8, 4) is 0 Å². The normalized spacial score (nSPS) is 10.0. The molecule has 0 rings (SSSR count). The van der Waals surface area contributed by atoms with Crippen molar-refractivity contribution in [3.63, 3.8) is 0 Å². The predicted molar refractivity (Wildman–Crippen MR) is 61.9 cm³/mol. The maximum Gasteiger partial charge on any atom is 0.0558 e. The van der Waals surface area contributed by atoms with Gasteiger partial charge in [0.1, 0.15) is 0 Å². The molecular weight excluding hydrogens is 196 g/mol. The average Bonchev–Trinajstić information content (AvgIpc) is 2.21. The Morgan fingerprint density at radius 2 is 1.13 bits per heavy atom. The monoisotopic (exact) mass is 222 g/mol. The largest absolute Gasteiger partial charge is 0.395 e. The van der Waals surface area contributed by atoms with Gasteiger partial charge in [0.2, 0.25) is 0 Å². The van der Waals surface area contributed by atoms with E-state index in [2.05, 4.69) is 19.2 Å². The third-order valence-electron chi connectivity index (χ3n) is 1.75. The number of nitrogens with zero attached hydrogens (tertiary/aromatic N) is 1. The summed E-state index contributed by atoms with van der Waals surface area (Å²) in [6.07, 6.45) is 0. The lowest BCUT2D eigenvalue weighted by molar-refractivity contribution is 0.136. The van der Waals surface area contributed by atoms with Crippen LogP contribution in [0.2, 0.25) is 0 Å². The van der Waals surface area contributed by atoms with Gasteiger partial charge in [-0.25, -0.2) is 0 Å². The van der Waals surface area contributed by atoms with Crippen LogP contribution in [0.1, 0.15) is 13.8 Å². The summed E-state index contributed by atoms with van der Waals surface area (Å²) in [7, 11) is 0. The molecule has 0 bridgehead atoms. The molecule has 0 aliphatic carbocycles. The maximum atomic E-state index is 8.48. The Hall–Kier alpha value is -0.200. The predicted octanol–water partition coefficient (Wildman–Crippen LogP) is -1.12. The molecule has 0 aliphatic rings. The van der Waals surface area contributed by atoms with E-state index in [-0.39, 0.29) is 19.8 Å². The van der Waals surface area contributed by atoms with Crippen LogP contribution in [0.15, 0.2) is 0 Å². The van der Waals surface area contributed by atoms with Gasteiger partial charge < -0.3 is 20.6 Å². The summed E-state index contributed by atoms with van der Waals surface area (Å²) in [6, 6.07) is 0. The Morgan fingerprint density at radius 3 is 1.27 bits per heavy atom. The topological polar surface area (TPSA) is 76.0 Å². The highest BCUT2D eigenvalue weighted by molar-refractivity contribution is 4.54. The molecule has 0 fully saturated rings. The Balaban J connectivity index is 0. The molecule has 0 saturated carbocycles. The molecule has 0 radical (unpaired) electrons. The molecule has 5 heteroatoms. The quantitative estimate of drug-likeness (QED) is 0.419. The van der Waals surface area contributed by atoms with Crippen molar-refractivity contribution in [1.29, 1.82) is 0 Å². The van der Waals surface area contributed by atoms with Gasteiger partial charge in [0.05, 0.1) is 19.8 Å². The highest BCUT2D eigenvalue weighted by Crippen LogP contribution is 1.84. The molecule has 0 aromatic rings. The van der Waals surface area contributed by atoms with Crippen molar-refractivity contribution >= 4 is 0 Å². The highest BCUT2D eigenvalue weighted by atomic mass is 16.3. The zero-order valence-electron chi connectivity index (χ0n) is 9.95. The number of hydrogen-bond donors (Lipinski definition) is 4. The van der Waals surface area contributed by atoms with Crippen LogP contribution in [0.3, 0.4) is 0 Å². The first kappa shape index (κ1) is 17.2. The van der Waals surface area contributed by atoms with Crippen molar-refractivity contribution in [2.24, 2.45) is 0 Å². The molecule has 0 aromatic heterocycles. The van der Waals surface area contributed by atoms with E-state index in [1.54, 1.807) is 4.90 Å². The molecule has 0 spiro atoms. The van der Waals surface area contributed by atoms with Gasteiger partial charge >= 0.3 is 0 Å². The Labute approximate surface area is 92.7 Å². The van der Waals surface area contributed by atoms with Crippen LogP contribution in [-0.2, 0) is 0 Å². The summed E-state index contributed by atoms with van der Waals surface area (Å²) in [5.74, 6) is 0. The molecule has 0 aliphatic heterocycles. The molecule has 15 heavy (non-hydrogen) atoms. The average molecular weight is 222 g/mol. The van der Waals surface area contributed by atoms with Crippen LogP contribution in [0.5, 0.6) is 0 Å². The Bertz CT molecular complexity index is 88.4. The first-order valence-electron chi connectivity index (χ1n) is 5.52. The van der Waals surface area contributed by atoms with Crippen LogP contribution < -0.4 is 5.32 Å². The van der Waals surface area contributed by atoms with Gasteiger partial charge in [0.15, 0.2) is 0 Å². The summed E-state index contributed by atoms with van der Waals surface area (Å²) < 4.78 is 0. The summed E-state index contributed by atoms with van der Waals surface area (Å²) in [5, 5.41) is 28.6. The number of hydrogen-bond acceptors (Lipinski definition) is 5. The molecule has 0 saturated heterocycles. The van der Waals surface area contributed by atoms with Gasteiger partial charge in [-0.2, -0.15) is 0 Å². The van der Waals surface area contributed by atoms with Crippen molar-refractivity contribution in [1.82, 2.24) is 10.2 Å². The third-order valence-corrected chi connectivity index (χ3v) is 1.75. The number of nitrogens with one attached hydrogen (secondary N) is 1. The van der Waals surface area contributed by atoms with E-state index in [9.17, 15) is 0 Å². The highest BCUT2D eigenvalue weighted by Gasteiger charge is 2.00. The van der Waals surface area contributed by atoms with Gasteiger partial charge in [-0.15, -0.1) is 0 Å². The SMILES string of the molecule is CCNCC.OCCN(CCO)CCO. The van der Waals surface area contributed by atoms with Gasteiger partial charge in [0.25, 0.3) is 0 Å². The van der Waals surface area contributed by atoms with Crippen molar-refractivity contribution < 1.29 is 15.3 Å². The zero-order valence-corrected chi connectivity index (χ0v) is 9.95. The van der Waals surface area contributed by atoms with E-state index in [0.717, 1.165) is 13.1 Å². The van der Waals surface area contributed by atoms with Gasteiger partial charge in [-0.1, -0.05) is 13.8 Å². The second kappa shape index (κ2) is 16.2. The van der Waals surface area contributed by atoms with E-state index < -0.39 is 0 Å². The molecule has 0 atom stereocenters. The van der Waals surface area contributed by atoms with Crippen molar-refractivity contribution in [2.75, 3.05) is 52.5 Å². The Kier molecular flexibility index (Phi) is 18.6. The smallest absolute Gasteiger partial charge is 0.0558 e. The zero-order chi connectivity index (χ0) is 11.9. The number of aliphatic hydroxyl groups excluding tert-OH is 3. The lowest BCUT2D eigenvalue weighted by atomic mass is 10.4. The van der Waals surface area contributed by atoms with Crippen LogP contribution in [-0.4, -0.2) is 72.8 Å². The molecule has 4 N–H and O–H groups in total. The first-order chi connectivity index (χ1) is 7.26. The van der Waals surface area contributed by atoms with E-state index in [4.69, 9.17) is 15.3 Å². The van der Waals surface area contributed by atoms with E-state index in [1.807, 2.05) is 0 Å². The fourth-order valence-corrected chi connectivity index (χ4v) is 1.01. The number of aliphatic hydroxyl groups is 3. The van der Waals surface area contributed by atoms with Crippen LogP contribution in [0.25, 0.3) is 0 Å². The molecule has 5 nitrogen and oxygen atoms in total. The number of rotatable bonds is 8. The summed E-state index contributed by atoms with van der Waals surface area (Å²) in [5.41, 5.74) is 0.